The molecule has 0 bridgehead atoms. The maximum atomic E-state index is 13.1. The minimum atomic E-state index is -0.357. The Bertz CT molecular complexity index is 744. The summed E-state index contributed by atoms with van der Waals surface area (Å²) in [4.78, 5) is 14.4. The van der Waals surface area contributed by atoms with E-state index in [2.05, 4.69) is 10.2 Å². The molecule has 1 amide bonds. The zero-order valence-corrected chi connectivity index (χ0v) is 14.4. The highest BCUT2D eigenvalue weighted by Crippen LogP contribution is 2.21. The molecule has 1 aliphatic heterocycles. The number of nitrogens with one attached hydrogen (secondary N) is 1. The molecule has 1 saturated heterocycles. The number of rotatable bonds is 4. The van der Waals surface area contributed by atoms with Gasteiger partial charge in [0.15, 0.2) is 0 Å². The Morgan fingerprint density at radius 3 is 2.36 bits per heavy atom. The highest BCUT2D eigenvalue weighted by molar-refractivity contribution is 6.31. The monoisotopic (exact) mass is 364 g/mol. The number of carbonyl (C=O) groups is 1. The van der Waals surface area contributed by atoms with Crippen molar-refractivity contribution >= 4 is 17.5 Å². The van der Waals surface area contributed by atoms with Gasteiger partial charge in [0, 0.05) is 36.3 Å². The molecule has 6 heteroatoms. The normalized spacial score (nSPS) is 16.0. The minimum Gasteiger partial charge on any atom is -0.349 e. The molecular weight excluding hydrogens is 346 g/mol. The first-order valence-electron chi connectivity index (χ1n) is 8.24. The van der Waals surface area contributed by atoms with Crippen molar-refractivity contribution in [2.75, 3.05) is 13.1 Å². The number of likely N-dealkylation sites (tertiary alicyclic amines) is 1. The summed E-state index contributed by atoms with van der Waals surface area (Å²) in [7, 11) is 0. The first-order chi connectivity index (χ1) is 12.0. The van der Waals surface area contributed by atoms with Gasteiger partial charge in [0.25, 0.3) is 5.91 Å². The zero-order valence-electron chi connectivity index (χ0n) is 13.6. The molecule has 0 saturated carbocycles. The van der Waals surface area contributed by atoms with Crippen molar-refractivity contribution in [3.05, 3.63) is 70.2 Å². The summed E-state index contributed by atoms with van der Waals surface area (Å²) < 4.78 is 26.0. The Kier molecular flexibility index (Phi) is 5.66. The number of nitrogens with zero attached hydrogens (tertiary/aromatic N) is 1. The summed E-state index contributed by atoms with van der Waals surface area (Å²) in [6, 6.07) is 10.1. The van der Waals surface area contributed by atoms with Gasteiger partial charge in [-0.15, -0.1) is 0 Å². The van der Waals surface area contributed by atoms with E-state index >= 15 is 0 Å². The Morgan fingerprint density at radius 1 is 1.08 bits per heavy atom. The fourth-order valence-electron chi connectivity index (χ4n) is 3.00. The lowest BCUT2D eigenvalue weighted by Gasteiger charge is -2.32. The summed E-state index contributed by atoms with van der Waals surface area (Å²) in [5.41, 5.74) is 1.36. The smallest absolute Gasteiger partial charge is 0.251 e. The van der Waals surface area contributed by atoms with E-state index in [9.17, 15) is 13.6 Å². The van der Waals surface area contributed by atoms with E-state index in [0.29, 0.717) is 17.1 Å². The lowest BCUT2D eigenvalue weighted by molar-refractivity contribution is 0.0909. The Balaban J connectivity index is 1.50. The second kappa shape index (κ2) is 7.93. The average Bonchev–Trinajstić information content (AvgIpc) is 2.59. The van der Waals surface area contributed by atoms with E-state index < -0.39 is 0 Å². The molecule has 25 heavy (non-hydrogen) atoms. The second-order valence-corrected chi connectivity index (χ2v) is 6.67. The van der Waals surface area contributed by atoms with Crippen LogP contribution in [0.3, 0.4) is 0 Å². The lowest BCUT2D eigenvalue weighted by Crippen LogP contribution is -2.44. The van der Waals surface area contributed by atoms with Crippen molar-refractivity contribution in [2.45, 2.75) is 25.4 Å². The van der Waals surface area contributed by atoms with Crippen molar-refractivity contribution in [3.63, 3.8) is 0 Å². The number of piperidine rings is 1. The van der Waals surface area contributed by atoms with Gasteiger partial charge in [-0.1, -0.05) is 17.7 Å². The molecule has 1 heterocycles. The molecule has 0 aromatic heterocycles. The van der Waals surface area contributed by atoms with Crippen LogP contribution in [-0.2, 0) is 6.54 Å². The van der Waals surface area contributed by atoms with E-state index in [4.69, 9.17) is 11.6 Å². The molecule has 1 aliphatic rings. The van der Waals surface area contributed by atoms with Crippen LogP contribution in [0.15, 0.2) is 42.5 Å². The largest absolute Gasteiger partial charge is 0.349 e. The molecule has 1 fully saturated rings. The van der Waals surface area contributed by atoms with Gasteiger partial charge in [-0.2, -0.15) is 0 Å². The van der Waals surface area contributed by atoms with Crippen LogP contribution in [0.2, 0.25) is 5.02 Å². The van der Waals surface area contributed by atoms with Gasteiger partial charge in [-0.05, 0) is 54.8 Å². The molecule has 2 aromatic rings. The van der Waals surface area contributed by atoms with Crippen LogP contribution in [0.1, 0.15) is 28.8 Å². The van der Waals surface area contributed by atoms with Crippen molar-refractivity contribution < 1.29 is 13.6 Å². The van der Waals surface area contributed by atoms with Gasteiger partial charge in [0.1, 0.15) is 11.6 Å². The first kappa shape index (κ1) is 17.8. The van der Waals surface area contributed by atoms with Crippen molar-refractivity contribution in [3.8, 4) is 0 Å². The predicted octanol–water partition coefficient (Wildman–Crippen LogP) is 4.01. The molecule has 0 spiro atoms. The summed E-state index contributed by atoms with van der Waals surface area (Å²) in [6.07, 6.45) is 1.65. The highest BCUT2D eigenvalue weighted by Gasteiger charge is 2.21. The standard InChI is InChI=1S/C19H19ClF2N2O/c20-18-11-16(22)6-3-14(18)12-24-9-7-17(8-10-24)23-19(25)13-1-4-15(21)5-2-13/h1-6,11,17H,7-10,12H2,(H,23,25). The molecule has 0 radical (unpaired) electrons. The Hall–Kier alpha value is -1.98. The molecule has 3 rings (SSSR count). The van der Waals surface area contributed by atoms with Crippen molar-refractivity contribution in [1.82, 2.24) is 10.2 Å². The highest BCUT2D eigenvalue weighted by atomic mass is 35.5. The Morgan fingerprint density at radius 2 is 1.72 bits per heavy atom. The average molecular weight is 365 g/mol. The van der Waals surface area contributed by atoms with Gasteiger partial charge < -0.3 is 5.32 Å². The van der Waals surface area contributed by atoms with Gasteiger partial charge >= 0.3 is 0 Å². The number of amides is 1. The lowest BCUT2D eigenvalue weighted by atomic mass is 10.0. The van der Waals surface area contributed by atoms with E-state index in [0.717, 1.165) is 31.5 Å². The third kappa shape index (κ3) is 4.77. The van der Waals surface area contributed by atoms with E-state index in [-0.39, 0.29) is 23.6 Å². The van der Waals surface area contributed by atoms with Gasteiger partial charge in [0.05, 0.1) is 0 Å². The van der Waals surface area contributed by atoms with Crippen molar-refractivity contribution in [2.24, 2.45) is 0 Å². The third-order valence-corrected chi connectivity index (χ3v) is 4.79. The fraction of sp³-hybridized carbons (Fsp3) is 0.316. The summed E-state index contributed by atoms with van der Waals surface area (Å²) >= 11 is 6.07. The topological polar surface area (TPSA) is 32.3 Å². The summed E-state index contributed by atoms with van der Waals surface area (Å²) in [6.45, 7) is 2.31. The van der Waals surface area contributed by atoms with Crippen LogP contribution in [0.4, 0.5) is 8.78 Å². The first-order valence-corrected chi connectivity index (χ1v) is 8.62. The predicted molar refractivity (Wildman–Crippen MR) is 93.6 cm³/mol. The fourth-order valence-corrected chi connectivity index (χ4v) is 3.22. The number of hydrogen-bond acceptors (Lipinski definition) is 2. The third-order valence-electron chi connectivity index (χ3n) is 4.44. The number of benzene rings is 2. The van der Waals surface area contributed by atoms with E-state index in [1.807, 2.05) is 0 Å². The molecule has 2 aromatic carbocycles. The van der Waals surface area contributed by atoms with Gasteiger partial charge in [-0.3, -0.25) is 9.69 Å². The van der Waals surface area contributed by atoms with E-state index in [1.165, 1.54) is 36.4 Å². The molecule has 3 nitrogen and oxygen atoms in total. The van der Waals surface area contributed by atoms with Crippen LogP contribution in [-0.4, -0.2) is 29.9 Å². The van der Waals surface area contributed by atoms with Crippen LogP contribution >= 0.6 is 11.6 Å². The van der Waals surface area contributed by atoms with Crippen LogP contribution in [0.25, 0.3) is 0 Å². The summed E-state index contributed by atoms with van der Waals surface area (Å²) in [5, 5.41) is 3.43. The molecular formula is C19H19ClF2N2O. The quantitative estimate of drug-likeness (QED) is 0.889. The molecule has 0 atom stereocenters. The molecule has 0 unspecified atom stereocenters. The maximum absolute atomic E-state index is 13.1. The maximum Gasteiger partial charge on any atom is 0.251 e. The SMILES string of the molecule is O=C(NC1CCN(Cc2ccc(F)cc2Cl)CC1)c1ccc(F)cc1. The molecule has 1 N–H and O–H groups in total. The number of carbonyl (C=O) groups excluding carboxylic acids is 1. The van der Waals surface area contributed by atoms with E-state index in [1.54, 1.807) is 6.07 Å². The van der Waals surface area contributed by atoms with Gasteiger partial charge in [-0.25, -0.2) is 8.78 Å². The van der Waals surface area contributed by atoms with Crippen LogP contribution in [0, 0.1) is 11.6 Å². The van der Waals surface area contributed by atoms with Crippen molar-refractivity contribution in [1.29, 1.82) is 0 Å². The van der Waals surface area contributed by atoms with Crippen LogP contribution < -0.4 is 5.32 Å². The van der Waals surface area contributed by atoms with Crippen LogP contribution in [0.5, 0.6) is 0 Å². The van der Waals surface area contributed by atoms with Gasteiger partial charge in [0.2, 0.25) is 0 Å². The molecule has 0 aliphatic carbocycles. The second-order valence-electron chi connectivity index (χ2n) is 6.27. The zero-order chi connectivity index (χ0) is 17.8. The summed E-state index contributed by atoms with van der Waals surface area (Å²) in [5.74, 6) is -0.875. The molecule has 132 valence electrons. The number of halogens is 3. The minimum absolute atomic E-state index is 0.0949. The Labute approximate surface area is 150 Å². The number of hydrogen-bond donors (Lipinski definition) is 1.